The lowest BCUT2D eigenvalue weighted by atomic mass is 10.0. The Labute approximate surface area is 205 Å². The SMILES string of the molecule is CCOC(=O)c1c(NC(=O)C(C)Sc2c(=O)o[nH][n+]2C)sc2c1CCN(Cc1ccccc1)C2. The molecular formula is C23H27N4O5S2+. The van der Waals surface area contributed by atoms with Crippen molar-refractivity contribution in [1.29, 1.82) is 0 Å². The van der Waals surface area contributed by atoms with Gasteiger partial charge in [-0.3, -0.25) is 14.2 Å². The Balaban J connectivity index is 1.54. The number of amides is 1. The first-order chi connectivity index (χ1) is 16.4. The van der Waals surface area contributed by atoms with E-state index in [-0.39, 0.29) is 17.5 Å². The van der Waals surface area contributed by atoms with E-state index in [0.29, 0.717) is 23.5 Å². The number of rotatable bonds is 8. The summed E-state index contributed by atoms with van der Waals surface area (Å²) in [6.07, 6.45) is 0.702. The molecule has 0 radical (unpaired) electrons. The lowest BCUT2D eigenvalue weighted by molar-refractivity contribution is -0.772. The van der Waals surface area contributed by atoms with Gasteiger partial charge in [0.1, 0.15) is 5.00 Å². The minimum absolute atomic E-state index is 0.253. The number of carbonyl (C=O) groups excluding carboxylic acids is 2. The Bertz CT molecular complexity index is 1230. The fourth-order valence-corrected chi connectivity index (χ4v) is 5.95. The number of H-pyrrole nitrogens is 1. The van der Waals surface area contributed by atoms with Crippen molar-refractivity contribution in [2.75, 3.05) is 18.5 Å². The van der Waals surface area contributed by atoms with Crippen LogP contribution in [0.15, 0.2) is 44.7 Å². The first-order valence-corrected chi connectivity index (χ1v) is 12.7. The number of ether oxygens (including phenoxy) is 1. The number of nitrogens with one attached hydrogen (secondary N) is 2. The van der Waals surface area contributed by atoms with Crippen LogP contribution >= 0.6 is 23.1 Å². The zero-order valence-corrected chi connectivity index (χ0v) is 20.9. The molecule has 1 amide bonds. The second kappa shape index (κ2) is 10.6. The number of benzene rings is 1. The Kier molecular flexibility index (Phi) is 7.54. The molecule has 1 unspecified atom stereocenters. The summed E-state index contributed by atoms with van der Waals surface area (Å²) >= 11 is 2.50. The number of aryl methyl sites for hydroxylation is 1. The lowest BCUT2D eigenvalue weighted by Gasteiger charge is -2.27. The van der Waals surface area contributed by atoms with Crippen LogP contribution < -0.4 is 15.6 Å². The third kappa shape index (κ3) is 5.26. The summed E-state index contributed by atoms with van der Waals surface area (Å²) in [5.74, 6) is -0.735. The van der Waals surface area contributed by atoms with Crippen molar-refractivity contribution in [3.8, 4) is 0 Å². The van der Waals surface area contributed by atoms with Gasteiger partial charge in [-0.1, -0.05) is 35.0 Å². The average Bonchev–Trinajstić information content (AvgIpc) is 3.33. The number of aromatic amines is 1. The van der Waals surface area contributed by atoms with E-state index in [9.17, 15) is 14.4 Å². The van der Waals surface area contributed by atoms with Crippen molar-refractivity contribution in [1.82, 2.24) is 10.2 Å². The van der Waals surface area contributed by atoms with Gasteiger partial charge >= 0.3 is 16.6 Å². The van der Waals surface area contributed by atoms with Gasteiger partial charge in [-0.2, -0.15) is 0 Å². The molecule has 1 aromatic carbocycles. The molecule has 1 atom stereocenters. The maximum Gasteiger partial charge on any atom is 0.441 e. The quantitative estimate of drug-likeness (QED) is 0.276. The van der Waals surface area contributed by atoms with Gasteiger partial charge in [0.25, 0.3) is 0 Å². The second-order valence-corrected chi connectivity index (χ2v) is 10.4. The third-order valence-corrected chi connectivity index (χ3v) is 7.88. The molecule has 180 valence electrons. The minimum Gasteiger partial charge on any atom is -0.462 e. The zero-order valence-electron chi connectivity index (χ0n) is 19.3. The predicted molar refractivity (Wildman–Crippen MR) is 129 cm³/mol. The number of hydrogen-bond acceptors (Lipinski definition) is 8. The van der Waals surface area contributed by atoms with E-state index in [2.05, 4.69) is 27.6 Å². The van der Waals surface area contributed by atoms with Crippen molar-refractivity contribution >= 4 is 40.0 Å². The number of fused-ring (bicyclic) bond motifs is 1. The van der Waals surface area contributed by atoms with E-state index in [4.69, 9.17) is 9.26 Å². The molecule has 2 aromatic heterocycles. The summed E-state index contributed by atoms with van der Waals surface area (Å²) in [7, 11) is 1.63. The van der Waals surface area contributed by atoms with Gasteiger partial charge in [0.05, 0.1) is 17.4 Å². The summed E-state index contributed by atoms with van der Waals surface area (Å²) in [4.78, 5) is 41.0. The molecule has 1 aliphatic rings. The molecule has 11 heteroatoms. The van der Waals surface area contributed by atoms with Crippen molar-refractivity contribution in [2.45, 2.75) is 43.6 Å². The second-order valence-electron chi connectivity index (χ2n) is 7.97. The Hall–Kier alpha value is -2.89. The molecule has 0 aliphatic carbocycles. The molecule has 4 rings (SSSR count). The number of nitrogens with zero attached hydrogens (tertiary/aromatic N) is 2. The number of carbonyl (C=O) groups is 2. The largest absolute Gasteiger partial charge is 0.462 e. The van der Waals surface area contributed by atoms with Crippen molar-refractivity contribution in [3.63, 3.8) is 0 Å². The molecule has 34 heavy (non-hydrogen) atoms. The van der Waals surface area contributed by atoms with Crippen LogP contribution in [0.2, 0.25) is 0 Å². The van der Waals surface area contributed by atoms with E-state index in [1.54, 1.807) is 20.9 Å². The summed E-state index contributed by atoms with van der Waals surface area (Å²) in [6.45, 7) is 6.04. The van der Waals surface area contributed by atoms with Crippen LogP contribution in [0.1, 0.15) is 40.2 Å². The molecule has 0 spiro atoms. The zero-order chi connectivity index (χ0) is 24.2. The Morgan fingerprint density at radius 3 is 2.79 bits per heavy atom. The first-order valence-electron chi connectivity index (χ1n) is 11.0. The Morgan fingerprint density at radius 2 is 2.12 bits per heavy atom. The van der Waals surface area contributed by atoms with E-state index in [1.807, 2.05) is 18.2 Å². The average molecular weight is 504 g/mol. The predicted octanol–water partition coefficient (Wildman–Crippen LogP) is 2.71. The highest BCUT2D eigenvalue weighted by Crippen LogP contribution is 2.38. The van der Waals surface area contributed by atoms with Gasteiger partial charge in [0.2, 0.25) is 5.91 Å². The molecule has 2 N–H and O–H groups in total. The van der Waals surface area contributed by atoms with Gasteiger partial charge in [-0.15, -0.1) is 11.3 Å². The van der Waals surface area contributed by atoms with Crippen LogP contribution in [0, 0.1) is 0 Å². The summed E-state index contributed by atoms with van der Waals surface area (Å²) < 4.78 is 11.5. The van der Waals surface area contributed by atoms with Crippen LogP contribution in [0.3, 0.4) is 0 Å². The fraction of sp³-hybridized carbons (Fsp3) is 0.391. The highest BCUT2D eigenvalue weighted by atomic mass is 32.2. The van der Waals surface area contributed by atoms with E-state index in [0.717, 1.165) is 35.3 Å². The highest BCUT2D eigenvalue weighted by Gasteiger charge is 2.31. The van der Waals surface area contributed by atoms with Gasteiger partial charge < -0.3 is 10.1 Å². The molecule has 9 nitrogen and oxygen atoms in total. The number of aromatic nitrogens is 2. The molecule has 0 fully saturated rings. The van der Waals surface area contributed by atoms with Gasteiger partial charge in [-0.25, -0.2) is 9.59 Å². The maximum absolute atomic E-state index is 13.0. The smallest absolute Gasteiger partial charge is 0.441 e. The molecular weight excluding hydrogens is 476 g/mol. The molecule has 0 saturated carbocycles. The van der Waals surface area contributed by atoms with Crippen LogP contribution in [0.25, 0.3) is 0 Å². The maximum atomic E-state index is 13.0. The first kappa shape index (κ1) is 24.2. The highest BCUT2D eigenvalue weighted by molar-refractivity contribution is 8.00. The van der Waals surface area contributed by atoms with E-state index < -0.39 is 16.8 Å². The molecule has 3 aromatic rings. The molecule has 1 aliphatic heterocycles. The third-order valence-electron chi connectivity index (χ3n) is 5.51. The van der Waals surface area contributed by atoms with Gasteiger partial charge in [-0.05, 0) is 48.4 Å². The van der Waals surface area contributed by atoms with Gasteiger partial charge in [0, 0.05) is 24.5 Å². The molecule has 3 heterocycles. The van der Waals surface area contributed by atoms with E-state index >= 15 is 0 Å². The monoisotopic (exact) mass is 503 g/mol. The Morgan fingerprint density at radius 1 is 1.35 bits per heavy atom. The van der Waals surface area contributed by atoms with Crippen LogP contribution in [-0.2, 0) is 36.1 Å². The summed E-state index contributed by atoms with van der Waals surface area (Å²) in [5.41, 5.74) is 2.08. The molecule has 0 bridgehead atoms. The fourth-order valence-electron chi connectivity index (χ4n) is 3.83. The van der Waals surface area contributed by atoms with Crippen molar-refractivity contribution < 1.29 is 23.5 Å². The van der Waals surface area contributed by atoms with Crippen molar-refractivity contribution in [3.05, 3.63) is 62.3 Å². The van der Waals surface area contributed by atoms with Crippen LogP contribution in [0.5, 0.6) is 0 Å². The molecule has 0 saturated heterocycles. The number of hydrogen-bond donors (Lipinski definition) is 2. The lowest BCUT2D eigenvalue weighted by Crippen LogP contribution is -2.35. The summed E-state index contributed by atoms with van der Waals surface area (Å²) in [5, 5.41) is 5.54. The number of anilines is 1. The topological polar surface area (TPSA) is 109 Å². The number of thioether (sulfide) groups is 1. The van der Waals surface area contributed by atoms with Crippen LogP contribution in [-0.4, -0.2) is 40.4 Å². The number of thiophene rings is 1. The minimum atomic E-state index is -0.589. The standard InChI is InChI=1S/C23H26N4O5S2/c1-4-31-22(29)18-16-10-11-27(12-15-8-6-5-7-9-15)13-17(16)34-20(18)24-19(28)14(2)33-21-23(30)32-25-26(21)3/h5-9,14H,4,10-13H2,1-3H3,(H-,24,25,28,29,30)/p+1. The van der Waals surface area contributed by atoms with Gasteiger partial charge in [0.15, 0.2) is 7.05 Å². The normalized spacial score (nSPS) is 14.4. The summed E-state index contributed by atoms with van der Waals surface area (Å²) in [6, 6.07) is 10.3. The number of esters is 1. The van der Waals surface area contributed by atoms with Crippen molar-refractivity contribution in [2.24, 2.45) is 7.05 Å². The van der Waals surface area contributed by atoms with Crippen LogP contribution in [0.4, 0.5) is 5.00 Å². The van der Waals surface area contributed by atoms with E-state index in [1.165, 1.54) is 21.6 Å².